The van der Waals surface area contributed by atoms with E-state index in [4.69, 9.17) is 23.2 Å². The minimum atomic E-state index is -3.85. The first-order valence-corrected chi connectivity index (χ1v) is 8.95. The van der Waals surface area contributed by atoms with E-state index >= 15 is 0 Å². The maximum absolute atomic E-state index is 13.7. The third-order valence-corrected chi connectivity index (χ3v) is 4.89. The summed E-state index contributed by atoms with van der Waals surface area (Å²) < 4.78 is 40.4. The van der Waals surface area contributed by atoms with Crippen molar-refractivity contribution in [1.29, 1.82) is 0 Å². The molecule has 0 bridgehead atoms. The monoisotopic (exact) mass is 361 g/mol. The zero-order valence-electron chi connectivity index (χ0n) is 11.5. The zero-order chi connectivity index (χ0) is 16.2. The highest BCUT2D eigenvalue weighted by Gasteiger charge is 2.16. The second-order valence-electron chi connectivity index (χ2n) is 4.67. The standard InChI is InChI=1S/C15H14Cl2FNO2S/c16-9-1-2-11-3-6-13(7-4-11)22(20,21)19-15-8-5-12(17)10-14(15)18/h3-8,10,19H,1-2,9H2. The summed E-state index contributed by atoms with van der Waals surface area (Å²) in [7, 11) is -3.85. The molecule has 0 spiro atoms. The fourth-order valence-electron chi connectivity index (χ4n) is 1.88. The summed E-state index contributed by atoms with van der Waals surface area (Å²) in [6.07, 6.45) is 1.60. The lowest BCUT2D eigenvalue weighted by molar-refractivity contribution is 0.598. The van der Waals surface area contributed by atoms with Crippen molar-refractivity contribution in [2.45, 2.75) is 17.7 Å². The van der Waals surface area contributed by atoms with Crippen molar-refractivity contribution in [2.24, 2.45) is 0 Å². The second kappa shape index (κ2) is 7.31. The summed E-state index contributed by atoms with van der Waals surface area (Å²) in [5.41, 5.74) is 0.855. The zero-order valence-corrected chi connectivity index (χ0v) is 13.8. The summed E-state index contributed by atoms with van der Waals surface area (Å²) in [6.45, 7) is 0. The number of nitrogens with one attached hydrogen (secondary N) is 1. The quantitative estimate of drug-likeness (QED) is 0.772. The molecule has 0 fully saturated rings. The average Bonchev–Trinajstić information content (AvgIpc) is 2.48. The van der Waals surface area contributed by atoms with Crippen molar-refractivity contribution in [1.82, 2.24) is 0 Å². The smallest absolute Gasteiger partial charge is 0.261 e. The van der Waals surface area contributed by atoms with Gasteiger partial charge in [0.1, 0.15) is 5.82 Å². The number of rotatable bonds is 6. The van der Waals surface area contributed by atoms with E-state index in [0.717, 1.165) is 24.5 Å². The Morgan fingerprint density at radius 3 is 2.36 bits per heavy atom. The van der Waals surface area contributed by atoms with Gasteiger partial charge in [0.2, 0.25) is 0 Å². The number of hydrogen-bond acceptors (Lipinski definition) is 2. The van der Waals surface area contributed by atoms with Crippen molar-refractivity contribution in [3.05, 3.63) is 58.9 Å². The number of sulfonamides is 1. The predicted molar refractivity (Wildman–Crippen MR) is 87.7 cm³/mol. The van der Waals surface area contributed by atoms with Crippen molar-refractivity contribution < 1.29 is 12.8 Å². The lowest BCUT2D eigenvalue weighted by atomic mass is 10.1. The van der Waals surface area contributed by atoms with Gasteiger partial charge in [-0.05, 0) is 48.7 Å². The lowest BCUT2D eigenvalue weighted by Crippen LogP contribution is -2.14. The first-order valence-electron chi connectivity index (χ1n) is 6.55. The Hall–Kier alpha value is -1.30. The molecule has 0 aromatic heterocycles. The number of alkyl halides is 1. The summed E-state index contributed by atoms with van der Waals surface area (Å²) in [5.74, 6) is -0.174. The molecular formula is C15H14Cl2FNO2S. The van der Waals surface area contributed by atoms with Gasteiger partial charge < -0.3 is 0 Å². The van der Waals surface area contributed by atoms with Crippen LogP contribution in [-0.2, 0) is 16.4 Å². The molecule has 7 heteroatoms. The largest absolute Gasteiger partial charge is 0.277 e. The van der Waals surface area contributed by atoms with Gasteiger partial charge in [0, 0.05) is 10.9 Å². The predicted octanol–water partition coefficient (Wildman–Crippen LogP) is 4.45. The molecular weight excluding hydrogens is 348 g/mol. The van der Waals surface area contributed by atoms with E-state index in [1.54, 1.807) is 12.1 Å². The van der Waals surface area contributed by atoms with Gasteiger partial charge in [-0.2, -0.15) is 0 Å². The van der Waals surface area contributed by atoms with Crippen molar-refractivity contribution in [3.8, 4) is 0 Å². The highest BCUT2D eigenvalue weighted by Crippen LogP contribution is 2.22. The Labute approximate surface area is 139 Å². The van der Waals surface area contributed by atoms with Crippen LogP contribution >= 0.6 is 23.2 Å². The molecule has 0 unspecified atom stereocenters. The Kier molecular flexibility index (Phi) is 5.67. The van der Waals surface area contributed by atoms with Crippen LogP contribution in [0, 0.1) is 5.82 Å². The van der Waals surface area contributed by atoms with E-state index in [2.05, 4.69) is 4.72 Å². The van der Waals surface area contributed by atoms with Crippen LogP contribution in [0.2, 0.25) is 5.02 Å². The van der Waals surface area contributed by atoms with Crippen LogP contribution in [0.4, 0.5) is 10.1 Å². The van der Waals surface area contributed by atoms with E-state index in [0.29, 0.717) is 5.88 Å². The molecule has 22 heavy (non-hydrogen) atoms. The summed E-state index contributed by atoms with van der Waals surface area (Å²) in [5, 5.41) is 0.198. The second-order valence-corrected chi connectivity index (χ2v) is 7.16. The fraction of sp³-hybridized carbons (Fsp3) is 0.200. The van der Waals surface area contributed by atoms with Gasteiger partial charge in [0.25, 0.3) is 10.0 Å². The van der Waals surface area contributed by atoms with Crippen LogP contribution in [0.25, 0.3) is 0 Å². The SMILES string of the molecule is O=S(=O)(Nc1ccc(Cl)cc1F)c1ccc(CCCCl)cc1. The fourth-order valence-corrected chi connectivity index (χ4v) is 3.24. The van der Waals surface area contributed by atoms with Gasteiger partial charge in [-0.25, -0.2) is 12.8 Å². The van der Waals surface area contributed by atoms with Gasteiger partial charge in [-0.1, -0.05) is 23.7 Å². The highest BCUT2D eigenvalue weighted by atomic mass is 35.5. The molecule has 3 nitrogen and oxygen atoms in total. The molecule has 0 saturated carbocycles. The van der Waals surface area contributed by atoms with Crippen LogP contribution < -0.4 is 4.72 Å². The van der Waals surface area contributed by atoms with Crippen LogP contribution in [0.1, 0.15) is 12.0 Å². The molecule has 2 aromatic rings. The molecule has 0 amide bonds. The molecule has 0 aliphatic carbocycles. The Balaban J connectivity index is 2.19. The molecule has 2 rings (SSSR count). The average molecular weight is 362 g/mol. The van der Waals surface area contributed by atoms with Crippen molar-refractivity contribution >= 4 is 38.9 Å². The van der Waals surface area contributed by atoms with Crippen LogP contribution in [0.15, 0.2) is 47.4 Å². The van der Waals surface area contributed by atoms with Gasteiger partial charge in [0.05, 0.1) is 10.6 Å². The van der Waals surface area contributed by atoms with E-state index in [-0.39, 0.29) is 15.6 Å². The normalized spacial score (nSPS) is 11.4. The van der Waals surface area contributed by atoms with E-state index in [9.17, 15) is 12.8 Å². The molecule has 2 aromatic carbocycles. The van der Waals surface area contributed by atoms with Gasteiger partial charge in [-0.3, -0.25) is 4.72 Å². The van der Waals surface area contributed by atoms with Gasteiger partial charge >= 0.3 is 0 Å². The topological polar surface area (TPSA) is 46.2 Å². The molecule has 1 N–H and O–H groups in total. The molecule has 0 atom stereocenters. The first-order chi connectivity index (χ1) is 10.4. The Bertz CT molecular complexity index is 749. The van der Waals surface area contributed by atoms with Crippen molar-refractivity contribution in [3.63, 3.8) is 0 Å². The maximum Gasteiger partial charge on any atom is 0.261 e. The van der Waals surface area contributed by atoms with E-state index in [1.807, 2.05) is 0 Å². The number of anilines is 1. The number of hydrogen-bond donors (Lipinski definition) is 1. The van der Waals surface area contributed by atoms with E-state index < -0.39 is 15.8 Å². The molecule has 118 valence electrons. The summed E-state index contributed by atoms with van der Waals surface area (Å²) >= 11 is 11.3. The molecule has 0 aliphatic rings. The molecule has 0 aliphatic heterocycles. The maximum atomic E-state index is 13.7. The number of aryl methyl sites for hydroxylation is 1. The minimum Gasteiger partial charge on any atom is -0.277 e. The summed E-state index contributed by atoms with van der Waals surface area (Å²) in [6, 6.07) is 10.2. The molecule has 0 radical (unpaired) electrons. The summed E-state index contributed by atoms with van der Waals surface area (Å²) in [4.78, 5) is 0.0662. The first kappa shape index (κ1) is 17.1. The number of halogens is 3. The van der Waals surface area contributed by atoms with Crippen molar-refractivity contribution in [2.75, 3.05) is 10.6 Å². The van der Waals surface area contributed by atoms with Crippen LogP contribution in [-0.4, -0.2) is 14.3 Å². The third kappa shape index (κ3) is 4.35. The van der Waals surface area contributed by atoms with Gasteiger partial charge in [-0.15, -0.1) is 11.6 Å². The number of benzene rings is 2. The minimum absolute atomic E-state index is 0.0662. The highest BCUT2D eigenvalue weighted by molar-refractivity contribution is 7.92. The molecule has 0 saturated heterocycles. The van der Waals surface area contributed by atoms with Gasteiger partial charge in [0.15, 0.2) is 0 Å². The van der Waals surface area contributed by atoms with Crippen LogP contribution in [0.3, 0.4) is 0 Å². The Morgan fingerprint density at radius 2 is 1.77 bits per heavy atom. The Morgan fingerprint density at radius 1 is 1.09 bits per heavy atom. The third-order valence-electron chi connectivity index (χ3n) is 3.01. The molecule has 0 heterocycles. The van der Waals surface area contributed by atoms with E-state index in [1.165, 1.54) is 24.3 Å². The van der Waals surface area contributed by atoms with Crippen LogP contribution in [0.5, 0.6) is 0 Å². The lowest BCUT2D eigenvalue weighted by Gasteiger charge is -2.10.